The largest absolute Gasteiger partial charge is 0.464 e. The van der Waals surface area contributed by atoms with Crippen LogP contribution in [0.25, 0.3) is 0 Å². The number of carbonyl (C=O) groups excluding carboxylic acids is 3. The quantitative estimate of drug-likeness (QED) is 0.527. The van der Waals surface area contributed by atoms with Crippen molar-refractivity contribution in [2.24, 2.45) is 0 Å². The van der Waals surface area contributed by atoms with Crippen LogP contribution in [0.3, 0.4) is 0 Å². The Bertz CT molecular complexity index is 775. The van der Waals surface area contributed by atoms with Gasteiger partial charge >= 0.3 is 5.97 Å². The standard InChI is InChI=1S/C21H22ClNO4/c1-2-27-21(26)18(14-15-6-4-3-5-7-15)23-20(25)13-12-19(24)16-8-10-17(22)11-9-16/h3-11,18H,2,12-14H2,1H3,(H,23,25). The molecule has 5 nitrogen and oxygen atoms in total. The second-order valence-electron chi connectivity index (χ2n) is 5.99. The Morgan fingerprint density at radius 3 is 2.30 bits per heavy atom. The van der Waals surface area contributed by atoms with E-state index in [2.05, 4.69) is 5.32 Å². The number of carbonyl (C=O) groups is 3. The summed E-state index contributed by atoms with van der Waals surface area (Å²) >= 11 is 5.80. The molecule has 0 saturated heterocycles. The fourth-order valence-corrected chi connectivity index (χ4v) is 2.69. The summed E-state index contributed by atoms with van der Waals surface area (Å²) in [5.74, 6) is -1.01. The van der Waals surface area contributed by atoms with Crippen molar-refractivity contribution >= 4 is 29.3 Å². The molecule has 6 heteroatoms. The third-order valence-electron chi connectivity index (χ3n) is 3.93. The first kappa shape index (κ1) is 20.6. The molecule has 0 saturated carbocycles. The Hall–Kier alpha value is -2.66. The normalized spacial score (nSPS) is 11.5. The summed E-state index contributed by atoms with van der Waals surface area (Å²) in [7, 11) is 0. The molecule has 0 fully saturated rings. The van der Waals surface area contributed by atoms with Crippen LogP contribution in [0, 0.1) is 0 Å². The summed E-state index contributed by atoms with van der Waals surface area (Å²) < 4.78 is 5.05. The molecule has 0 aliphatic rings. The van der Waals surface area contributed by atoms with Gasteiger partial charge in [0.25, 0.3) is 0 Å². The fraction of sp³-hybridized carbons (Fsp3) is 0.286. The van der Waals surface area contributed by atoms with Gasteiger partial charge < -0.3 is 10.1 Å². The van der Waals surface area contributed by atoms with Crippen molar-refractivity contribution in [3.05, 3.63) is 70.7 Å². The zero-order chi connectivity index (χ0) is 19.6. The Balaban J connectivity index is 1.93. The minimum Gasteiger partial charge on any atom is -0.464 e. The number of halogens is 1. The van der Waals surface area contributed by atoms with Crippen molar-refractivity contribution < 1.29 is 19.1 Å². The van der Waals surface area contributed by atoms with Crippen LogP contribution in [0.4, 0.5) is 0 Å². The molecule has 0 heterocycles. The maximum absolute atomic E-state index is 12.3. The van der Waals surface area contributed by atoms with Gasteiger partial charge in [-0.25, -0.2) is 4.79 Å². The van der Waals surface area contributed by atoms with Crippen molar-refractivity contribution in [3.63, 3.8) is 0 Å². The molecule has 0 bridgehead atoms. The van der Waals surface area contributed by atoms with Crippen molar-refractivity contribution in [2.45, 2.75) is 32.2 Å². The van der Waals surface area contributed by atoms with Crippen molar-refractivity contribution in [3.8, 4) is 0 Å². The molecule has 1 unspecified atom stereocenters. The number of nitrogens with one attached hydrogen (secondary N) is 1. The Labute approximate surface area is 163 Å². The molecule has 0 radical (unpaired) electrons. The minimum atomic E-state index is -0.787. The second-order valence-corrected chi connectivity index (χ2v) is 6.43. The average Bonchev–Trinajstić information content (AvgIpc) is 2.67. The van der Waals surface area contributed by atoms with Gasteiger partial charge in [-0.15, -0.1) is 0 Å². The zero-order valence-electron chi connectivity index (χ0n) is 15.1. The van der Waals surface area contributed by atoms with Gasteiger partial charge in [-0.05, 0) is 36.8 Å². The monoisotopic (exact) mass is 387 g/mol. The summed E-state index contributed by atoms with van der Waals surface area (Å²) in [5, 5.41) is 3.22. The number of hydrogen-bond acceptors (Lipinski definition) is 4. The summed E-state index contributed by atoms with van der Waals surface area (Å²) in [6, 6.07) is 15.1. The molecule has 142 valence electrons. The highest BCUT2D eigenvalue weighted by Gasteiger charge is 2.22. The van der Waals surface area contributed by atoms with E-state index in [0.29, 0.717) is 17.0 Å². The summed E-state index contributed by atoms with van der Waals surface area (Å²) in [5.41, 5.74) is 1.41. The first-order valence-corrected chi connectivity index (χ1v) is 9.16. The van der Waals surface area contributed by atoms with Crippen LogP contribution in [0.2, 0.25) is 5.02 Å². The molecular weight excluding hydrogens is 366 g/mol. The van der Waals surface area contributed by atoms with Crippen LogP contribution in [-0.4, -0.2) is 30.3 Å². The second kappa shape index (κ2) is 10.5. The highest BCUT2D eigenvalue weighted by Crippen LogP contribution is 2.12. The summed E-state index contributed by atoms with van der Waals surface area (Å²) in [6.07, 6.45) is 0.372. The molecule has 0 aliphatic heterocycles. The molecule has 1 atom stereocenters. The van der Waals surface area contributed by atoms with E-state index in [4.69, 9.17) is 16.3 Å². The number of benzene rings is 2. The third-order valence-corrected chi connectivity index (χ3v) is 4.19. The van der Waals surface area contributed by atoms with Crippen molar-refractivity contribution in [2.75, 3.05) is 6.61 Å². The molecule has 0 aliphatic carbocycles. The van der Waals surface area contributed by atoms with Gasteiger partial charge in [0.2, 0.25) is 5.91 Å². The summed E-state index contributed by atoms with van der Waals surface area (Å²) in [6.45, 7) is 1.94. The Morgan fingerprint density at radius 2 is 1.67 bits per heavy atom. The maximum Gasteiger partial charge on any atom is 0.328 e. The highest BCUT2D eigenvalue weighted by molar-refractivity contribution is 6.30. The summed E-state index contributed by atoms with van der Waals surface area (Å²) in [4.78, 5) is 36.6. The van der Waals surface area contributed by atoms with Gasteiger partial charge in [0.1, 0.15) is 6.04 Å². The molecule has 27 heavy (non-hydrogen) atoms. The topological polar surface area (TPSA) is 72.5 Å². The van der Waals surface area contributed by atoms with Crippen LogP contribution in [0.15, 0.2) is 54.6 Å². The van der Waals surface area contributed by atoms with Gasteiger partial charge in [0, 0.05) is 29.8 Å². The van der Waals surface area contributed by atoms with E-state index in [1.54, 1.807) is 31.2 Å². The third kappa shape index (κ3) is 6.87. The lowest BCUT2D eigenvalue weighted by Gasteiger charge is -2.17. The number of ether oxygens (including phenoxy) is 1. The van der Waals surface area contributed by atoms with Crippen LogP contribution >= 0.6 is 11.6 Å². The van der Waals surface area contributed by atoms with E-state index in [1.807, 2.05) is 30.3 Å². The molecule has 0 aromatic heterocycles. The van der Waals surface area contributed by atoms with E-state index in [0.717, 1.165) is 5.56 Å². The van der Waals surface area contributed by atoms with Gasteiger partial charge in [-0.1, -0.05) is 41.9 Å². The number of esters is 1. The van der Waals surface area contributed by atoms with Gasteiger partial charge in [-0.3, -0.25) is 9.59 Å². The predicted molar refractivity (Wildman–Crippen MR) is 104 cm³/mol. The molecule has 2 aromatic rings. The smallest absolute Gasteiger partial charge is 0.328 e. The van der Waals surface area contributed by atoms with Gasteiger partial charge in [0.15, 0.2) is 5.78 Å². The molecule has 2 aromatic carbocycles. The maximum atomic E-state index is 12.3. The molecule has 1 N–H and O–H groups in total. The van der Waals surface area contributed by atoms with Crippen molar-refractivity contribution in [1.82, 2.24) is 5.32 Å². The SMILES string of the molecule is CCOC(=O)C(Cc1ccccc1)NC(=O)CCC(=O)c1ccc(Cl)cc1. The Morgan fingerprint density at radius 1 is 1.00 bits per heavy atom. The number of rotatable bonds is 9. The van der Waals surface area contributed by atoms with Crippen molar-refractivity contribution in [1.29, 1.82) is 0 Å². The molecule has 1 amide bonds. The van der Waals surface area contributed by atoms with E-state index >= 15 is 0 Å². The van der Waals surface area contributed by atoms with Crippen LogP contribution < -0.4 is 5.32 Å². The lowest BCUT2D eigenvalue weighted by Crippen LogP contribution is -2.43. The van der Waals surface area contributed by atoms with Crippen LogP contribution in [0.5, 0.6) is 0 Å². The number of amides is 1. The minimum absolute atomic E-state index is 0.00778. The van der Waals surface area contributed by atoms with E-state index < -0.39 is 12.0 Å². The fourth-order valence-electron chi connectivity index (χ4n) is 2.56. The number of hydrogen-bond donors (Lipinski definition) is 1. The van der Waals surface area contributed by atoms with Gasteiger partial charge in [-0.2, -0.15) is 0 Å². The van der Waals surface area contributed by atoms with Crippen LogP contribution in [0.1, 0.15) is 35.7 Å². The molecule has 0 spiro atoms. The number of Topliss-reactive ketones (excluding diaryl/α,β-unsaturated/α-hetero) is 1. The molecular formula is C21H22ClNO4. The average molecular weight is 388 g/mol. The van der Waals surface area contributed by atoms with E-state index in [-0.39, 0.29) is 31.1 Å². The van der Waals surface area contributed by atoms with Crippen LogP contribution in [-0.2, 0) is 20.7 Å². The zero-order valence-corrected chi connectivity index (χ0v) is 15.9. The lowest BCUT2D eigenvalue weighted by molar-refractivity contribution is -0.147. The lowest BCUT2D eigenvalue weighted by atomic mass is 10.0. The predicted octanol–water partition coefficient (Wildman–Crippen LogP) is 3.59. The van der Waals surface area contributed by atoms with E-state index in [9.17, 15) is 14.4 Å². The molecule has 2 rings (SSSR count). The first-order chi connectivity index (χ1) is 13.0. The Kier molecular flexibility index (Phi) is 8.01. The van der Waals surface area contributed by atoms with Gasteiger partial charge in [0.05, 0.1) is 6.61 Å². The highest BCUT2D eigenvalue weighted by atomic mass is 35.5. The van der Waals surface area contributed by atoms with E-state index in [1.165, 1.54) is 0 Å². The number of ketones is 1. The first-order valence-electron chi connectivity index (χ1n) is 8.78.